The summed E-state index contributed by atoms with van der Waals surface area (Å²) < 4.78 is 1.68. The van der Waals surface area contributed by atoms with Crippen molar-refractivity contribution >= 4 is 34.1 Å². The van der Waals surface area contributed by atoms with Gasteiger partial charge in [0.15, 0.2) is 5.82 Å². The summed E-state index contributed by atoms with van der Waals surface area (Å²) in [5.41, 5.74) is 1.76. The molecule has 25 heavy (non-hydrogen) atoms. The molecule has 0 bridgehead atoms. The lowest BCUT2D eigenvalue weighted by Crippen LogP contribution is -1.91. The predicted molar refractivity (Wildman–Crippen MR) is 93.9 cm³/mol. The minimum atomic E-state index is -0.420. The monoisotopic (exact) mass is 350 g/mol. The summed E-state index contributed by atoms with van der Waals surface area (Å²) in [4.78, 5) is 15.0. The Labute approximate surface area is 145 Å². The van der Waals surface area contributed by atoms with E-state index in [4.69, 9.17) is 0 Å². The molecule has 0 aliphatic rings. The minimum Gasteiger partial charge on any atom is -0.264 e. The number of nitrogens with zero attached hydrogens (tertiary/aromatic N) is 6. The zero-order chi connectivity index (χ0) is 17.2. The first kappa shape index (κ1) is 15.1. The first-order valence-corrected chi connectivity index (χ1v) is 8.07. The molecule has 3 aromatic heterocycles. The van der Waals surface area contributed by atoms with Gasteiger partial charge in [-0.15, -0.1) is 10.2 Å². The van der Waals surface area contributed by atoms with E-state index in [-0.39, 0.29) is 5.69 Å². The molecule has 4 aromatic rings. The zero-order valence-electron chi connectivity index (χ0n) is 12.7. The van der Waals surface area contributed by atoms with Crippen LogP contribution in [0.5, 0.6) is 0 Å². The van der Waals surface area contributed by atoms with Crippen LogP contribution in [0.4, 0.5) is 5.69 Å². The van der Waals surface area contributed by atoms with E-state index in [1.807, 2.05) is 24.3 Å². The number of nitro groups is 1. The molecule has 0 saturated heterocycles. The quantitative estimate of drug-likeness (QED) is 0.413. The Kier molecular flexibility index (Phi) is 3.75. The van der Waals surface area contributed by atoms with Crippen molar-refractivity contribution in [3.8, 4) is 11.4 Å². The van der Waals surface area contributed by atoms with Crippen LogP contribution in [0.3, 0.4) is 0 Å². The first-order chi connectivity index (χ1) is 12.2. The minimum absolute atomic E-state index is 0.0667. The lowest BCUT2D eigenvalue weighted by molar-refractivity contribution is -0.384. The number of aromatic nitrogens is 5. The Morgan fingerprint density at radius 1 is 1.12 bits per heavy atom. The molecule has 0 N–H and O–H groups in total. The third kappa shape index (κ3) is 3.00. The lowest BCUT2D eigenvalue weighted by Gasteiger charge is -1.94. The molecule has 0 saturated carbocycles. The highest BCUT2D eigenvalue weighted by molar-refractivity contribution is 7.17. The first-order valence-electron chi connectivity index (χ1n) is 7.26. The van der Waals surface area contributed by atoms with E-state index in [1.165, 1.54) is 23.5 Å². The van der Waals surface area contributed by atoms with E-state index >= 15 is 0 Å². The Bertz CT molecular complexity index is 1070. The van der Waals surface area contributed by atoms with Crippen molar-refractivity contribution in [1.29, 1.82) is 0 Å². The normalized spacial score (nSPS) is 11.4. The average molecular weight is 350 g/mol. The topological polar surface area (TPSA) is 99.1 Å². The Balaban J connectivity index is 1.62. The van der Waals surface area contributed by atoms with E-state index < -0.39 is 4.92 Å². The second-order valence-corrected chi connectivity index (χ2v) is 6.07. The van der Waals surface area contributed by atoms with Gasteiger partial charge in [0.25, 0.3) is 5.69 Å². The fourth-order valence-electron chi connectivity index (χ4n) is 2.25. The third-order valence-corrected chi connectivity index (χ3v) is 4.31. The molecule has 3 heterocycles. The number of hydrogen-bond acceptors (Lipinski definition) is 7. The summed E-state index contributed by atoms with van der Waals surface area (Å²) in [6.07, 6.45) is 7.09. The standard InChI is InChI=1S/C16H10N6O2S/c23-22(24)13-6-3-11(4-7-13)5-8-14-20-21-15(18-19-16(21)25-14)12-2-1-9-17-10-12/h1-10H. The van der Waals surface area contributed by atoms with Gasteiger partial charge in [-0.1, -0.05) is 17.4 Å². The van der Waals surface area contributed by atoms with Crippen LogP contribution < -0.4 is 0 Å². The van der Waals surface area contributed by atoms with Crippen LogP contribution in [0.2, 0.25) is 0 Å². The number of benzene rings is 1. The summed E-state index contributed by atoms with van der Waals surface area (Å²) in [5, 5.41) is 24.2. The number of fused-ring (bicyclic) bond motifs is 1. The second kappa shape index (κ2) is 6.21. The van der Waals surface area contributed by atoms with Gasteiger partial charge < -0.3 is 0 Å². The van der Waals surface area contributed by atoms with Crippen molar-refractivity contribution in [2.45, 2.75) is 0 Å². The molecule has 0 unspecified atom stereocenters. The predicted octanol–water partition coefficient (Wildman–Crippen LogP) is 3.33. The maximum absolute atomic E-state index is 10.7. The van der Waals surface area contributed by atoms with Crippen molar-refractivity contribution < 1.29 is 4.92 Å². The number of nitro benzene ring substituents is 1. The summed E-state index contributed by atoms with van der Waals surface area (Å²) in [5.74, 6) is 0.634. The molecule has 9 heteroatoms. The van der Waals surface area contributed by atoms with Gasteiger partial charge in [0.1, 0.15) is 5.01 Å². The molecule has 0 aliphatic heterocycles. The van der Waals surface area contributed by atoms with Crippen molar-refractivity contribution in [1.82, 2.24) is 24.8 Å². The van der Waals surface area contributed by atoms with Crippen LogP contribution in [0.25, 0.3) is 28.5 Å². The van der Waals surface area contributed by atoms with Gasteiger partial charge in [0.05, 0.1) is 4.92 Å². The van der Waals surface area contributed by atoms with E-state index in [9.17, 15) is 10.1 Å². The molecule has 4 rings (SSSR count). The van der Waals surface area contributed by atoms with Gasteiger partial charge >= 0.3 is 0 Å². The van der Waals surface area contributed by atoms with E-state index in [0.717, 1.165) is 16.1 Å². The van der Waals surface area contributed by atoms with Crippen molar-refractivity contribution in [3.05, 3.63) is 69.5 Å². The molecule has 0 aliphatic carbocycles. The van der Waals surface area contributed by atoms with Crippen LogP contribution in [-0.2, 0) is 0 Å². The Morgan fingerprint density at radius 3 is 2.68 bits per heavy atom. The highest BCUT2D eigenvalue weighted by Gasteiger charge is 2.12. The van der Waals surface area contributed by atoms with Gasteiger partial charge in [0.2, 0.25) is 4.96 Å². The van der Waals surface area contributed by atoms with Gasteiger partial charge in [-0.3, -0.25) is 15.1 Å². The van der Waals surface area contributed by atoms with Crippen LogP contribution in [-0.4, -0.2) is 29.7 Å². The second-order valence-electron chi connectivity index (χ2n) is 5.08. The molecule has 0 fully saturated rings. The van der Waals surface area contributed by atoms with Crippen molar-refractivity contribution in [3.63, 3.8) is 0 Å². The van der Waals surface area contributed by atoms with Crippen LogP contribution >= 0.6 is 11.3 Å². The van der Waals surface area contributed by atoms with Gasteiger partial charge in [-0.05, 0) is 35.9 Å². The fourth-order valence-corrected chi connectivity index (χ4v) is 2.99. The highest BCUT2D eigenvalue weighted by Crippen LogP contribution is 2.22. The van der Waals surface area contributed by atoms with Crippen molar-refractivity contribution in [2.75, 3.05) is 0 Å². The van der Waals surface area contributed by atoms with Gasteiger partial charge in [-0.2, -0.15) is 9.61 Å². The molecule has 8 nitrogen and oxygen atoms in total. The van der Waals surface area contributed by atoms with Crippen LogP contribution in [0.1, 0.15) is 10.6 Å². The Hall–Kier alpha value is -3.46. The van der Waals surface area contributed by atoms with Gasteiger partial charge in [-0.25, -0.2) is 0 Å². The summed E-state index contributed by atoms with van der Waals surface area (Å²) in [6.45, 7) is 0. The third-order valence-electron chi connectivity index (χ3n) is 3.45. The molecule has 122 valence electrons. The number of pyridine rings is 1. The molecule has 0 atom stereocenters. The average Bonchev–Trinajstić information content (AvgIpc) is 3.21. The SMILES string of the molecule is O=[N+]([O-])c1ccc(C=Cc2nn3c(-c4cccnc4)nnc3s2)cc1. The molecule has 1 aromatic carbocycles. The molecule has 0 radical (unpaired) electrons. The van der Waals surface area contributed by atoms with E-state index in [1.54, 1.807) is 29.0 Å². The number of non-ortho nitro benzene ring substituents is 1. The summed E-state index contributed by atoms with van der Waals surface area (Å²) in [7, 11) is 0. The summed E-state index contributed by atoms with van der Waals surface area (Å²) in [6, 6.07) is 10.1. The van der Waals surface area contributed by atoms with E-state index in [2.05, 4.69) is 20.3 Å². The molecule has 0 amide bonds. The highest BCUT2D eigenvalue weighted by atomic mass is 32.1. The largest absolute Gasteiger partial charge is 0.269 e. The Morgan fingerprint density at radius 2 is 1.96 bits per heavy atom. The zero-order valence-corrected chi connectivity index (χ0v) is 13.5. The number of hydrogen-bond donors (Lipinski definition) is 0. The summed E-state index contributed by atoms with van der Waals surface area (Å²) >= 11 is 1.40. The van der Waals surface area contributed by atoms with Gasteiger partial charge in [0, 0.05) is 30.1 Å². The molecular weight excluding hydrogens is 340 g/mol. The van der Waals surface area contributed by atoms with Crippen molar-refractivity contribution in [2.24, 2.45) is 0 Å². The smallest absolute Gasteiger partial charge is 0.264 e. The van der Waals surface area contributed by atoms with Crippen LogP contribution in [0.15, 0.2) is 48.8 Å². The maximum Gasteiger partial charge on any atom is 0.269 e. The van der Waals surface area contributed by atoms with E-state index in [0.29, 0.717) is 10.8 Å². The molecule has 0 spiro atoms. The van der Waals surface area contributed by atoms with Crippen LogP contribution in [0, 0.1) is 10.1 Å². The fraction of sp³-hybridized carbons (Fsp3) is 0. The number of rotatable bonds is 4. The molecular formula is C16H10N6O2S. The maximum atomic E-state index is 10.7. The lowest BCUT2D eigenvalue weighted by atomic mass is 10.2.